The minimum Gasteiger partial charge on any atom is -0.387 e. The molecule has 12 heteroatoms. The second-order valence-corrected chi connectivity index (χ2v) is 8.70. The third-order valence-electron chi connectivity index (χ3n) is 3.47. The summed E-state index contributed by atoms with van der Waals surface area (Å²) in [6.07, 6.45) is -2.11. The van der Waals surface area contributed by atoms with Gasteiger partial charge < -0.3 is 10.8 Å². The predicted octanol–water partition coefficient (Wildman–Crippen LogP) is 1.05. The average molecular weight is 381 g/mol. The maximum Gasteiger partial charge on any atom is 0.475 e. The van der Waals surface area contributed by atoms with Crippen LogP contribution in [0.15, 0.2) is 17.1 Å². The Hall–Kier alpha value is -0.970. The van der Waals surface area contributed by atoms with E-state index in [0.717, 1.165) is 4.57 Å². The zero-order valence-electron chi connectivity index (χ0n) is 12.9. The average Bonchev–Trinajstić information content (AvgIpc) is 2.71. The van der Waals surface area contributed by atoms with Gasteiger partial charge in [0.2, 0.25) is 5.00 Å². The third-order valence-corrected chi connectivity index (χ3v) is 6.57. The highest BCUT2D eigenvalue weighted by atomic mass is 32.2. The van der Waals surface area contributed by atoms with Crippen LogP contribution >= 0.6 is 19.6 Å². The molecule has 0 radical (unpaired) electrons. The van der Waals surface area contributed by atoms with Gasteiger partial charge >= 0.3 is 13.5 Å². The van der Waals surface area contributed by atoms with Gasteiger partial charge in [0.05, 0.1) is 6.10 Å². The van der Waals surface area contributed by atoms with Gasteiger partial charge in [0.15, 0.2) is 0 Å². The highest BCUT2D eigenvalue weighted by molar-refractivity contribution is 8.01. The number of rotatable bonds is 3. The molecular weight excluding hydrogens is 364 g/mol. The van der Waals surface area contributed by atoms with E-state index >= 15 is 4.39 Å². The van der Waals surface area contributed by atoms with Crippen LogP contribution in [0.3, 0.4) is 0 Å². The fourth-order valence-corrected chi connectivity index (χ4v) is 5.66. The van der Waals surface area contributed by atoms with Crippen molar-refractivity contribution < 1.29 is 27.6 Å². The second kappa shape index (κ2) is 6.08. The number of halogens is 1. The van der Waals surface area contributed by atoms with Gasteiger partial charge in [-0.05, 0) is 19.9 Å². The number of aliphatic hydroxyl groups excluding tert-OH is 1. The van der Waals surface area contributed by atoms with Gasteiger partial charge in [-0.1, -0.05) is 11.8 Å². The number of alkyl halides is 1. The molecule has 24 heavy (non-hydrogen) atoms. The van der Waals surface area contributed by atoms with Gasteiger partial charge in [0.1, 0.15) is 30.0 Å². The first-order valence-corrected chi connectivity index (χ1v) is 9.48. The first-order chi connectivity index (χ1) is 11.1. The Morgan fingerprint density at radius 1 is 1.67 bits per heavy atom. The fraction of sp³-hybridized carbons (Fsp3) is 0.667. The van der Waals surface area contributed by atoms with Crippen LogP contribution in [0.1, 0.15) is 19.2 Å². The summed E-state index contributed by atoms with van der Waals surface area (Å²) in [7, 11) is -3.99. The van der Waals surface area contributed by atoms with Crippen LogP contribution in [0.2, 0.25) is 0 Å². The Morgan fingerprint density at radius 2 is 2.38 bits per heavy atom. The highest BCUT2D eigenvalue weighted by Crippen LogP contribution is 2.64. The SMILES string of the molecule is CC(C)OP1(=O)OC[C@@]2(F)S[C@@H](n3ccc(N)nc3=O)C(O)C2O1. The lowest BCUT2D eigenvalue weighted by molar-refractivity contribution is -0.0895. The van der Waals surface area contributed by atoms with Crippen molar-refractivity contribution in [1.29, 1.82) is 0 Å². The van der Waals surface area contributed by atoms with E-state index in [0.29, 0.717) is 11.8 Å². The molecule has 3 heterocycles. The number of nitrogens with zero attached hydrogens (tertiary/aromatic N) is 2. The second-order valence-electron chi connectivity index (χ2n) is 5.73. The quantitative estimate of drug-likeness (QED) is 0.739. The summed E-state index contributed by atoms with van der Waals surface area (Å²) in [5.41, 5.74) is 4.68. The number of hydrogen-bond acceptors (Lipinski definition) is 9. The smallest absolute Gasteiger partial charge is 0.387 e. The van der Waals surface area contributed by atoms with Crippen molar-refractivity contribution in [3.05, 3.63) is 22.7 Å². The largest absolute Gasteiger partial charge is 0.475 e. The molecule has 1 aromatic heterocycles. The monoisotopic (exact) mass is 381 g/mol. The number of hydrogen-bond donors (Lipinski definition) is 2. The molecule has 2 aliphatic rings. The van der Waals surface area contributed by atoms with Gasteiger partial charge in [0, 0.05) is 6.20 Å². The normalized spacial score (nSPS) is 39.1. The minimum absolute atomic E-state index is 0.00975. The molecule has 3 N–H and O–H groups in total. The molecule has 0 amide bonds. The van der Waals surface area contributed by atoms with Crippen molar-refractivity contribution >= 4 is 25.4 Å². The number of thioether (sulfide) groups is 1. The number of aromatic nitrogens is 2. The molecule has 0 bridgehead atoms. The summed E-state index contributed by atoms with van der Waals surface area (Å²) in [4.78, 5) is 15.5. The Bertz CT molecular complexity index is 748. The van der Waals surface area contributed by atoms with E-state index in [9.17, 15) is 14.5 Å². The van der Waals surface area contributed by atoms with Gasteiger partial charge in [-0.3, -0.25) is 18.1 Å². The van der Waals surface area contributed by atoms with E-state index in [2.05, 4.69) is 4.98 Å². The van der Waals surface area contributed by atoms with Crippen molar-refractivity contribution in [2.45, 2.75) is 42.5 Å². The van der Waals surface area contributed by atoms with Crippen LogP contribution in [0.25, 0.3) is 0 Å². The van der Waals surface area contributed by atoms with Gasteiger partial charge in [-0.15, -0.1) is 0 Å². The molecular formula is C12H17FN3O6PS. The van der Waals surface area contributed by atoms with E-state index in [1.54, 1.807) is 13.8 Å². The number of phosphoric ester groups is 1. The van der Waals surface area contributed by atoms with E-state index in [1.165, 1.54) is 12.3 Å². The summed E-state index contributed by atoms with van der Waals surface area (Å²) in [5, 5.41) is 7.21. The first kappa shape index (κ1) is 17.8. The van der Waals surface area contributed by atoms with Crippen LogP contribution in [-0.4, -0.2) is 44.6 Å². The maximum absolute atomic E-state index is 15.1. The van der Waals surface area contributed by atoms with Crippen LogP contribution in [0.4, 0.5) is 10.2 Å². The molecule has 134 valence electrons. The van der Waals surface area contributed by atoms with Crippen molar-refractivity contribution in [2.75, 3.05) is 12.3 Å². The Balaban J connectivity index is 1.89. The van der Waals surface area contributed by atoms with Crippen LogP contribution < -0.4 is 11.4 Å². The standard InChI is InChI=1S/C12H17FN3O6PS/c1-6(2)21-23(19)20-5-12(13)9(22-23)8(17)10(24-12)16-4-3-7(14)15-11(16)18/h3-4,6,8-10,17H,5H2,1-2H3,(H2,14,15,18)/t8?,9?,10-,12-,23?/m1/s1. The molecule has 2 saturated heterocycles. The Morgan fingerprint density at radius 3 is 3.00 bits per heavy atom. The van der Waals surface area contributed by atoms with Crippen molar-refractivity contribution in [3.63, 3.8) is 0 Å². The minimum atomic E-state index is -3.99. The molecule has 0 aromatic carbocycles. The molecule has 3 rings (SSSR count). The third kappa shape index (κ3) is 3.12. The topological polar surface area (TPSA) is 126 Å². The summed E-state index contributed by atoms with van der Waals surface area (Å²) in [6, 6.07) is 1.35. The Kier molecular flexibility index (Phi) is 4.52. The maximum atomic E-state index is 15.1. The van der Waals surface area contributed by atoms with Crippen molar-refractivity contribution in [1.82, 2.24) is 9.55 Å². The van der Waals surface area contributed by atoms with Crippen molar-refractivity contribution in [2.24, 2.45) is 0 Å². The molecule has 5 atom stereocenters. The molecule has 0 aliphatic carbocycles. The van der Waals surface area contributed by atoms with Crippen LogP contribution in [0, 0.1) is 0 Å². The molecule has 2 fully saturated rings. The zero-order chi connectivity index (χ0) is 17.7. The number of nitrogen functional groups attached to an aromatic ring is 1. The number of phosphoric acid groups is 1. The van der Waals surface area contributed by atoms with Crippen LogP contribution in [0.5, 0.6) is 0 Å². The summed E-state index contributed by atoms with van der Waals surface area (Å²) in [5.74, 6) is 0.00975. The first-order valence-electron chi connectivity index (χ1n) is 7.14. The number of aliphatic hydroxyl groups is 1. The predicted molar refractivity (Wildman–Crippen MR) is 84.0 cm³/mol. The summed E-state index contributed by atoms with van der Waals surface area (Å²) in [6.45, 7) is 2.63. The highest BCUT2D eigenvalue weighted by Gasteiger charge is 2.63. The van der Waals surface area contributed by atoms with Gasteiger partial charge in [-0.25, -0.2) is 13.8 Å². The zero-order valence-corrected chi connectivity index (χ0v) is 14.6. The van der Waals surface area contributed by atoms with Gasteiger partial charge in [0.25, 0.3) is 0 Å². The molecule has 2 aliphatic heterocycles. The van der Waals surface area contributed by atoms with E-state index in [-0.39, 0.29) is 5.82 Å². The number of fused-ring (bicyclic) bond motifs is 1. The number of anilines is 1. The van der Waals surface area contributed by atoms with E-state index < -0.39 is 48.8 Å². The lowest BCUT2D eigenvalue weighted by atomic mass is 10.1. The lowest BCUT2D eigenvalue weighted by Crippen LogP contribution is -2.46. The number of nitrogens with two attached hydrogens (primary N) is 1. The van der Waals surface area contributed by atoms with E-state index in [1.807, 2.05) is 0 Å². The molecule has 3 unspecified atom stereocenters. The molecule has 9 nitrogen and oxygen atoms in total. The molecule has 0 spiro atoms. The van der Waals surface area contributed by atoms with Crippen LogP contribution in [-0.2, 0) is 18.1 Å². The van der Waals surface area contributed by atoms with E-state index in [4.69, 9.17) is 19.3 Å². The fourth-order valence-electron chi connectivity index (χ4n) is 2.49. The van der Waals surface area contributed by atoms with Gasteiger partial charge in [-0.2, -0.15) is 4.98 Å². The summed E-state index contributed by atoms with van der Waals surface area (Å²) >= 11 is 0.637. The molecule has 1 aromatic rings. The molecule has 0 saturated carbocycles. The lowest BCUT2D eigenvalue weighted by Gasteiger charge is -2.35. The van der Waals surface area contributed by atoms with Crippen molar-refractivity contribution in [3.8, 4) is 0 Å². The Labute approximate surface area is 140 Å². The summed E-state index contributed by atoms with van der Waals surface area (Å²) < 4.78 is 43.7.